The van der Waals surface area contributed by atoms with E-state index >= 15 is 0 Å². The fraction of sp³-hybridized carbons (Fsp3) is 0.875. The van der Waals surface area contributed by atoms with E-state index < -0.39 is 0 Å². The number of nitrogens with one attached hydrogen (secondary N) is 1. The van der Waals surface area contributed by atoms with Crippen molar-refractivity contribution >= 4 is 18.2 Å². The maximum Gasteiger partial charge on any atom is 0.120 e. The molecule has 0 aromatic rings. The highest BCUT2D eigenvalue weighted by Gasteiger charge is 2.13. The summed E-state index contributed by atoms with van der Waals surface area (Å²) < 4.78 is 0. The van der Waals surface area contributed by atoms with E-state index in [1.807, 2.05) is 20.8 Å². The average molecular weight is 193 g/mol. The monoisotopic (exact) mass is 192 g/mol. The summed E-state index contributed by atoms with van der Waals surface area (Å²) in [7, 11) is 0. The van der Waals surface area contributed by atoms with Crippen LogP contribution < -0.4 is 5.48 Å². The highest BCUT2D eigenvalue weighted by molar-refractivity contribution is 5.85. The minimum absolute atomic E-state index is 0. The zero-order valence-electron chi connectivity index (χ0n) is 7.89. The Kier molecular flexibility index (Phi) is 4.57. The topological polar surface area (TPSA) is 33.6 Å². The van der Waals surface area contributed by atoms with Gasteiger partial charge in [-0.3, -0.25) is 15.3 Å². The van der Waals surface area contributed by atoms with E-state index in [2.05, 4.69) is 10.5 Å². The summed E-state index contributed by atoms with van der Waals surface area (Å²) in [5.41, 5.74) is 2.74. The van der Waals surface area contributed by atoms with E-state index in [4.69, 9.17) is 4.84 Å². The van der Waals surface area contributed by atoms with Crippen molar-refractivity contribution in [1.29, 1.82) is 0 Å². The number of nitrogens with zero attached hydrogens (tertiary/aromatic N) is 1. The molecule has 0 aliphatic carbocycles. The Morgan fingerprint density at radius 3 is 2.50 bits per heavy atom. The van der Waals surface area contributed by atoms with Crippen molar-refractivity contribution in [2.24, 2.45) is 4.99 Å². The smallest absolute Gasteiger partial charge is 0.120 e. The second kappa shape index (κ2) is 4.67. The second-order valence-electron chi connectivity index (χ2n) is 3.75. The zero-order valence-corrected chi connectivity index (χ0v) is 8.70. The van der Waals surface area contributed by atoms with Crippen molar-refractivity contribution in [3.63, 3.8) is 0 Å². The van der Waals surface area contributed by atoms with Crippen molar-refractivity contribution in [3.8, 4) is 0 Å². The van der Waals surface area contributed by atoms with Crippen molar-refractivity contribution in [3.05, 3.63) is 0 Å². The van der Waals surface area contributed by atoms with Crippen molar-refractivity contribution in [2.75, 3.05) is 6.54 Å². The summed E-state index contributed by atoms with van der Waals surface area (Å²) in [4.78, 5) is 9.55. The lowest BCUT2D eigenvalue weighted by Crippen LogP contribution is -2.32. The highest BCUT2D eigenvalue weighted by atomic mass is 35.5. The number of hydrogen-bond acceptors (Lipinski definition) is 3. The zero-order chi connectivity index (χ0) is 8.32. The van der Waals surface area contributed by atoms with Crippen molar-refractivity contribution in [2.45, 2.75) is 39.2 Å². The molecular formula is C8H17ClN2O. The van der Waals surface area contributed by atoms with Gasteiger partial charge in [0.25, 0.3) is 0 Å². The van der Waals surface area contributed by atoms with E-state index in [9.17, 15) is 0 Å². The van der Waals surface area contributed by atoms with Gasteiger partial charge < -0.3 is 0 Å². The van der Waals surface area contributed by atoms with Gasteiger partial charge in [0.05, 0.1) is 5.60 Å². The molecule has 0 radical (unpaired) electrons. The Morgan fingerprint density at radius 1 is 1.42 bits per heavy atom. The van der Waals surface area contributed by atoms with Crippen LogP contribution in [0.15, 0.2) is 4.99 Å². The third-order valence-corrected chi connectivity index (χ3v) is 1.35. The number of hydrogen-bond donors (Lipinski definition) is 1. The molecule has 1 N–H and O–H groups in total. The molecule has 0 atom stereocenters. The van der Waals surface area contributed by atoms with Gasteiger partial charge in [0.1, 0.15) is 5.84 Å². The first-order valence-corrected chi connectivity index (χ1v) is 4.05. The van der Waals surface area contributed by atoms with Gasteiger partial charge >= 0.3 is 0 Å². The summed E-state index contributed by atoms with van der Waals surface area (Å²) >= 11 is 0. The van der Waals surface area contributed by atoms with Gasteiger partial charge in [0, 0.05) is 13.0 Å². The molecule has 0 bridgehead atoms. The Labute approximate surface area is 80.0 Å². The first-order valence-electron chi connectivity index (χ1n) is 4.05. The normalized spacial score (nSPS) is 16.8. The Morgan fingerprint density at radius 2 is 2.08 bits per heavy atom. The molecule has 0 aromatic heterocycles. The molecule has 0 amide bonds. The van der Waals surface area contributed by atoms with Gasteiger partial charge in [-0.25, -0.2) is 0 Å². The molecule has 0 spiro atoms. The lowest BCUT2D eigenvalue weighted by Gasteiger charge is -2.19. The second-order valence-corrected chi connectivity index (χ2v) is 3.75. The Hall–Kier alpha value is -0.280. The summed E-state index contributed by atoms with van der Waals surface area (Å²) in [6, 6.07) is 0. The average Bonchev–Trinajstić information content (AvgIpc) is 2.32. The lowest BCUT2D eigenvalue weighted by molar-refractivity contribution is -0.0430. The third kappa shape index (κ3) is 4.57. The molecule has 1 aliphatic heterocycles. The maximum absolute atomic E-state index is 5.33. The molecule has 0 unspecified atom stereocenters. The van der Waals surface area contributed by atoms with E-state index in [0.717, 1.165) is 25.2 Å². The van der Waals surface area contributed by atoms with Crippen molar-refractivity contribution < 1.29 is 4.84 Å². The first kappa shape index (κ1) is 11.7. The molecule has 3 nitrogen and oxygen atoms in total. The fourth-order valence-electron chi connectivity index (χ4n) is 0.835. The Balaban J connectivity index is 0.00000121. The summed E-state index contributed by atoms with van der Waals surface area (Å²) in [6.45, 7) is 6.97. The van der Waals surface area contributed by atoms with E-state index in [0.29, 0.717) is 0 Å². The lowest BCUT2D eigenvalue weighted by atomic mass is 10.2. The largest absolute Gasteiger partial charge is 0.271 e. The van der Waals surface area contributed by atoms with Crippen LogP contribution in [-0.4, -0.2) is 18.0 Å². The van der Waals surface area contributed by atoms with Gasteiger partial charge in [-0.2, -0.15) is 0 Å². The summed E-state index contributed by atoms with van der Waals surface area (Å²) in [5.74, 6) is 0.986. The maximum atomic E-state index is 5.33. The molecule has 0 fully saturated rings. The van der Waals surface area contributed by atoms with Crippen LogP contribution in [0, 0.1) is 0 Å². The van der Waals surface area contributed by atoms with Crippen LogP contribution in [0.5, 0.6) is 0 Å². The van der Waals surface area contributed by atoms with Gasteiger partial charge in [0.2, 0.25) is 0 Å². The fourth-order valence-corrected chi connectivity index (χ4v) is 0.835. The van der Waals surface area contributed by atoms with Crippen LogP contribution in [-0.2, 0) is 4.84 Å². The molecular weight excluding hydrogens is 176 g/mol. The number of aliphatic imine (C=N–C) groups is 1. The predicted octanol–water partition coefficient (Wildman–Crippen LogP) is 1.92. The third-order valence-electron chi connectivity index (χ3n) is 1.35. The van der Waals surface area contributed by atoms with E-state index in [1.165, 1.54) is 0 Å². The van der Waals surface area contributed by atoms with Crippen molar-refractivity contribution in [1.82, 2.24) is 5.48 Å². The molecule has 0 saturated heterocycles. The van der Waals surface area contributed by atoms with Crippen LogP contribution in [0.25, 0.3) is 0 Å². The van der Waals surface area contributed by atoms with Crippen LogP contribution in [0.2, 0.25) is 0 Å². The molecule has 1 aliphatic rings. The minimum Gasteiger partial charge on any atom is -0.271 e. The molecule has 0 saturated carbocycles. The quantitative estimate of drug-likeness (QED) is 0.645. The molecule has 72 valence electrons. The van der Waals surface area contributed by atoms with Crippen LogP contribution in [0.4, 0.5) is 0 Å². The molecule has 0 aromatic carbocycles. The van der Waals surface area contributed by atoms with Gasteiger partial charge in [0.15, 0.2) is 0 Å². The first-order chi connectivity index (χ1) is 5.08. The highest BCUT2D eigenvalue weighted by Crippen LogP contribution is 2.06. The minimum atomic E-state index is -0.134. The summed E-state index contributed by atoms with van der Waals surface area (Å²) in [6.07, 6.45) is 2.17. The summed E-state index contributed by atoms with van der Waals surface area (Å²) in [5, 5.41) is 0. The van der Waals surface area contributed by atoms with Crippen LogP contribution in [0.3, 0.4) is 0 Å². The molecule has 12 heavy (non-hydrogen) atoms. The number of rotatable bonds is 1. The molecule has 1 rings (SSSR count). The number of halogens is 1. The Bertz CT molecular complexity index is 163. The number of amidine groups is 1. The van der Waals surface area contributed by atoms with Crippen LogP contribution in [0.1, 0.15) is 33.6 Å². The van der Waals surface area contributed by atoms with Gasteiger partial charge in [-0.1, -0.05) is 0 Å². The van der Waals surface area contributed by atoms with E-state index in [-0.39, 0.29) is 18.0 Å². The number of hydroxylamine groups is 1. The SMILES string of the molecule is CC(C)(C)ONC1=NCCC1.Cl. The van der Waals surface area contributed by atoms with Gasteiger partial charge in [-0.15, -0.1) is 12.4 Å². The standard InChI is InChI=1S/C8H16N2O.ClH/c1-8(2,3)11-10-7-5-4-6-9-7;/h4-6H2,1-3H3,(H,9,10);1H. The molecule has 1 heterocycles. The van der Waals surface area contributed by atoms with Gasteiger partial charge in [-0.05, 0) is 27.2 Å². The van der Waals surface area contributed by atoms with Crippen LogP contribution >= 0.6 is 12.4 Å². The molecule has 4 heteroatoms. The van der Waals surface area contributed by atoms with E-state index in [1.54, 1.807) is 0 Å². The predicted molar refractivity (Wildman–Crippen MR) is 52.8 cm³/mol.